The van der Waals surface area contributed by atoms with Crippen LogP contribution in [0.5, 0.6) is 0 Å². The highest BCUT2D eigenvalue weighted by Crippen LogP contribution is 2.24. The first kappa shape index (κ1) is 13.0. The van der Waals surface area contributed by atoms with Gasteiger partial charge in [-0.2, -0.15) is 0 Å². The third-order valence-corrected chi connectivity index (χ3v) is 3.37. The quantitative estimate of drug-likeness (QED) is 0.656. The summed E-state index contributed by atoms with van der Waals surface area (Å²) in [6.45, 7) is 8.73. The fourth-order valence-corrected chi connectivity index (χ4v) is 2.17. The maximum absolute atomic E-state index is 5.75. The van der Waals surface area contributed by atoms with E-state index in [0.29, 0.717) is 6.04 Å². The van der Waals surface area contributed by atoms with Crippen LogP contribution in [-0.2, 0) is 4.74 Å². The van der Waals surface area contributed by atoms with Crippen LogP contribution in [0.15, 0.2) is 0 Å². The lowest BCUT2D eigenvalue weighted by Gasteiger charge is -2.26. The highest BCUT2D eigenvalue weighted by Gasteiger charge is 2.29. The molecule has 0 aliphatic carbocycles. The van der Waals surface area contributed by atoms with Crippen molar-refractivity contribution in [3.05, 3.63) is 0 Å². The Morgan fingerprint density at radius 2 is 2.20 bits per heavy atom. The minimum Gasteiger partial charge on any atom is -0.374 e. The molecule has 0 saturated carbocycles. The predicted molar refractivity (Wildman–Crippen MR) is 65.2 cm³/mol. The molecule has 2 unspecified atom stereocenters. The Kier molecular flexibility index (Phi) is 5.62. The molecule has 0 aromatic rings. The lowest BCUT2D eigenvalue weighted by atomic mass is 10.0. The van der Waals surface area contributed by atoms with Gasteiger partial charge in [-0.3, -0.25) is 0 Å². The average Bonchev–Trinajstić information content (AvgIpc) is 2.64. The van der Waals surface area contributed by atoms with E-state index in [1.54, 1.807) is 0 Å². The van der Waals surface area contributed by atoms with E-state index in [9.17, 15) is 0 Å². The molecular weight excluding hydrogens is 186 g/mol. The van der Waals surface area contributed by atoms with Crippen molar-refractivity contribution in [1.82, 2.24) is 5.32 Å². The zero-order valence-electron chi connectivity index (χ0n) is 10.6. The summed E-state index contributed by atoms with van der Waals surface area (Å²) in [5.74, 6) is 0. The van der Waals surface area contributed by atoms with Crippen LogP contribution in [0.25, 0.3) is 0 Å². The smallest absolute Gasteiger partial charge is 0.0779 e. The van der Waals surface area contributed by atoms with Gasteiger partial charge in [0, 0.05) is 19.2 Å². The second-order valence-electron chi connectivity index (χ2n) is 5.18. The van der Waals surface area contributed by atoms with E-state index in [1.807, 2.05) is 0 Å². The Labute approximate surface area is 94.8 Å². The van der Waals surface area contributed by atoms with Gasteiger partial charge in [-0.05, 0) is 33.1 Å². The molecule has 0 aromatic heterocycles. The van der Waals surface area contributed by atoms with Crippen LogP contribution >= 0.6 is 0 Å². The summed E-state index contributed by atoms with van der Waals surface area (Å²) < 4.78 is 5.75. The summed E-state index contributed by atoms with van der Waals surface area (Å²) in [4.78, 5) is 0. The van der Waals surface area contributed by atoms with E-state index in [2.05, 4.69) is 26.1 Å². The summed E-state index contributed by atoms with van der Waals surface area (Å²) in [6.07, 6.45) is 7.75. The standard InChI is InChI=1S/C13H27NO/c1-4-5-6-8-12(2)14-11-13(3)9-7-10-15-13/h12,14H,4-11H2,1-3H3. The molecule has 0 amide bonds. The molecule has 0 radical (unpaired) electrons. The third kappa shape index (κ3) is 4.98. The van der Waals surface area contributed by atoms with Crippen LogP contribution in [0.3, 0.4) is 0 Å². The van der Waals surface area contributed by atoms with Crippen molar-refractivity contribution in [1.29, 1.82) is 0 Å². The van der Waals surface area contributed by atoms with Crippen molar-refractivity contribution in [3.63, 3.8) is 0 Å². The van der Waals surface area contributed by atoms with Gasteiger partial charge in [0.15, 0.2) is 0 Å². The van der Waals surface area contributed by atoms with E-state index < -0.39 is 0 Å². The molecule has 1 rings (SSSR count). The number of nitrogens with one attached hydrogen (secondary N) is 1. The van der Waals surface area contributed by atoms with Gasteiger partial charge in [-0.15, -0.1) is 0 Å². The second kappa shape index (κ2) is 6.49. The molecule has 1 fully saturated rings. The monoisotopic (exact) mass is 213 g/mol. The molecule has 90 valence electrons. The van der Waals surface area contributed by atoms with Crippen molar-refractivity contribution in [2.24, 2.45) is 0 Å². The number of unbranched alkanes of at least 4 members (excludes halogenated alkanes) is 2. The Morgan fingerprint density at radius 3 is 2.80 bits per heavy atom. The van der Waals surface area contributed by atoms with Crippen LogP contribution in [0.1, 0.15) is 59.3 Å². The molecule has 0 aromatic carbocycles. The second-order valence-corrected chi connectivity index (χ2v) is 5.18. The summed E-state index contributed by atoms with van der Waals surface area (Å²) in [5.41, 5.74) is 0.110. The minimum atomic E-state index is 0.110. The highest BCUT2D eigenvalue weighted by molar-refractivity contribution is 4.83. The first-order chi connectivity index (χ1) is 7.16. The number of rotatable bonds is 7. The van der Waals surface area contributed by atoms with Crippen LogP contribution in [-0.4, -0.2) is 24.8 Å². The van der Waals surface area contributed by atoms with E-state index in [1.165, 1.54) is 38.5 Å². The van der Waals surface area contributed by atoms with Gasteiger partial charge in [-0.1, -0.05) is 26.2 Å². The molecule has 2 atom stereocenters. The Balaban J connectivity index is 2.07. The summed E-state index contributed by atoms with van der Waals surface area (Å²) >= 11 is 0. The Hall–Kier alpha value is -0.0800. The average molecular weight is 213 g/mol. The number of ether oxygens (including phenoxy) is 1. The maximum atomic E-state index is 5.75. The van der Waals surface area contributed by atoms with Crippen LogP contribution in [0.2, 0.25) is 0 Å². The summed E-state index contributed by atoms with van der Waals surface area (Å²) in [6, 6.07) is 0.637. The molecule has 1 heterocycles. The van der Waals surface area contributed by atoms with Crippen molar-refractivity contribution in [2.75, 3.05) is 13.2 Å². The first-order valence-corrected chi connectivity index (χ1v) is 6.53. The topological polar surface area (TPSA) is 21.3 Å². The van der Waals surface area contributed by atoms with Crippen molar-refractivity contribution < 1.29 is 4.74 Å². The summed E-state index contributed by atoms with van der Waals surface area (Å²) in [7, 11) is 0. The fraction of sp³-hybridized carbons (Fsp3) is 1.00. The minimum absolute atomic E-state index is 0.110. The third-order valence-electron chi connectivity index (χ3n) is 3.37. The fourth-order valence-electron chi connectivity index (χ4n) is 2.17. The zero-order valence-corrected chi connectivity index (χ0v) is 10.6. The molecule has 0 bridgehead atoms. The lowest BCUT2D eigenvalue weighted by molar-refractivity contribution is 0.0189. The molecule has 2 heteroatoms. The van der Waals surface area contributed by atoms with Crippen molar-refractivity contribution >= 4 is 0 Å². The van der Waals surface area contributed by atoms with E-state index in [0.717, 1.165) is 13.2 Å². The highest BCUT2D eigenvalue weighted by atomic mass is 16.5. The van der Waals surface area contributed by atoms with Crippen molar-refractivity contribution in [2.45, 2.75) is 70.9 Å². The van der Waals surface area contributed by atoms with E-state index >= 15 is 0 Å². The molecule has 0 spiro atoms. The van der Waals surface area contributed by atoms with Crippen LogP contribution < -0.4 is 5.32 Å². The van der Waals surface area contributed by atoms with Gasteiger partial charge in [0.1, 0.15) is 0 Å². The van der Waals surface area contributed by atoms with E-state index in [4.69, 9.17) is 4.74 Å². The molecule has 1 N–H and O–H groups in total. The van der Waals surface area contributed by atoms with Crippen LogP contribution in [0.4, 0.5) is 0 Å². The predicted octanol–water partition coefficient (Wildman–Crippen LogP) is 3.11. The van der Waals surface area contributed by atoms with E-state index in [-0.39, 0.29) is 5.60 Å². The molecule has 1 saturated heterocycles. The van der Waals surface area contributed by atoms with Gasteiger partial charge < -0.3 is 10.1 Å². The number of hydrogen-bond donors (Lipinski definition) is 1. The lowest BCUT2D eigenvalue weighted by Crippen LogP contribution is -2.41. The molecule has 15 heavy (non-hydrogen) atoms. The first-order valence-electron chi connectivity index (χ1n) is 6.53. The molecule has 1 aliphatic rings. The van der Waals surface area contributed by atoms with Gasteiger partial charge in [-0.25, -0.2) is 0 Å². The Bertz CT molecular complexity index is 164. The normalized spacial score (nSPS) is 28.2. The molecule has 2 nitrogen and oxygen atoms in total. The van der Waals surface area contributed by atoms with Gasteiger partial charge in [0.2, 0.25) is 0 Å². The molecular formula is C13H27NO. The van der Waals surface area contributed by atoms with Gasteiger partial charge in [0.25, 0.3) is 0 Å². The molecule has 1 aliphatic heterocycles. The van der Waals surface area contributed by atoms with Crippen molar-refractivity contribution in [3.8, 4) is 0 Å². The zero-order chi connectivity index (χ0) is 11.1. The van der Waals surface area contributed by atoms with Gasteiger partial charge >= 0.3 is 0 Å². The SMILES string of the molecule is CCCCCC(C)NCC1(C)CCCO1. The van der Waals surface area contributed by atoms with Crippen LogP contribution in [0, 0.1) is 0 Å². The largest absolute Gasteiger partial charge is 0.374 e. The Morgan fingerprint density at radius 1 is 1.40 bits per heavy atom. The summed E-state index contributed by atoms with van der Waals surface area (Å²) in [5, 5.41) is 3.60. The maximum Gasteiger partial charge on any atom is 0.0779 e. The van der Waals surface area contributed by atoms with Gasteiger partial charge in [0.05, 0.1) is 5.60 Å². The number of hydrogen-bond acceptors (Lipinski definition) is 2.